The van der Waals surface area contributed by atoms with Gasteiger partial charge in [-0.05, 0) is 48.9 Å². The lowest BCUT2D eigenvalue weighted by molar-refractivity contribution is 0.1000. The van der Waals surface area contributed by atoms with Crippen LogP contribution < -0.4 is 11.1 Å². The average Bonchev–Trinajstić information content (AvgIpc) is 2.98. The fourth-order valence-electron chi connectivity index (χ4n) is 3.28. The van der Waals surface area contributed by atoms with E-state index in [-0.39, 0.29) is 10.5 Å². The number of amides is 2. The van der Waals surface area contributed by atoms with Crippen LogP contribution >= 0.6 is 11.3 Å². The monoisotopic (exact) mass is 421 g/mol. The van der Waals surface area contributed by atoms with Gasteiger partial charge in [-0.2, -0.15) is 0 Å². The maximum Gasteiger partial charge on any atom is 0.256 e. The SMILES string of the molecule is CC1CCc2c(sc(NC(=O)c3cccc(S(=O)(=O)N(C)C)c3)c2C(N)=O)C1. The molecule has 7 nitrogen and oxygen atoms in total. The predicted octanol–water partition coefficient (Wildman–Crippen LogP) is 2.47. The summed E-state index contributed by atoms with van der Waals surface area (Å²) in [5.41, 5.74) is 7.07. The molecule has 2 aromatic rings. The van der Waals surface area contributed by atoms with E-state index in [1.165, 1.54) is 49.7 Å². The molecule has 1 aromatic carbocycles. The minimum atomic E-state index is -3.65. The van der Waals surface area contributed by atoms with Crippen LogP contribution in [0.1, 0.15) is 44.5 Å². The minimum absolute atomic E-state index is 0.0274. The molecular weight excluding hydrogens is 398 g/mol. The van der Waals surface area contributed by atoms with Crippen molar-refractivity contribution in [2.45, 2.75) is 31.1 Å². The third kappa shape index (κ3) is 3.82. The second-order valence-electron chi connectivity index (χ2n) is 7.19. The highest BCUT2D eigenvalue weighted by molar-refractivity contribution is 7.89. The largest absolute Gasteiger partial charge is 0.365 e. The molecule has 0 saturated heterocycles. The number of nitrogens with zero attached hydrogens (tertiary/aromatic N) is 1. The average molecular weight is 422 g/mol. The van der Waals surface area contributed by atoms with Crippen LogP contribution in [0.5, 0.6) is 0 Å². The number of carbonyl (C=O) groups excluding carboxylic acids is 2. The maximum absolute atomic E-state index is 12.8. The van der Waals surface area contributed by atoms with Crippen LogP contribution in [0.2, 0.25) is 0 Å². The number of carbonyl (C=O) groups is 2. The Morgan fingerprint density at radius 1 is 1.29 bits per heavy atom. The van der Waals surface area contributed by atoms with E-state index in [1.54, 1.807) is 0 Å². The van der Waals surface area contributed by atoms with Crippen molar-refractivity contribution in [3.63, 3.8) is 0 Å². The van der Waals surface area contributed by atoms with Crippen molar-refractivity contribution < 1.29 is 18.0 Å². The molecule has 0 aliphatic heterocycles. The molecule has 150 valence electrons. The van der Waals surface area contributed by atoms with Gasteiger partial charge in [0.2, 0.25) is 10.0 Å². The Balaban J connectivity index is 1.93. The first kappa shape index (κ1) is 20.5. The van der Waals surface area contributed by atoms with Crippen LogP contribution in [-0.4, -0.2) is 38.6 Å². The number of fused-ring (bicyclic) bond motifs is 1. The molecule has 1 atom stereocenters. The van der Waals surface area contributed by atoms with E-state index in [9.17, 15) is 18.0 Å². The van der Waals surface area contributed by atoms with Gasteiger partial charge in [0.25, 0.3) is 11.8 Å². The molecule has 28 heavy (non-hydrogen) atoms. The topological polar surface area (TPSA) is 110 Å². The molecule has 1 unspecified atom stereocenters. The van der Waals surface area contributed by atoms with E-state index in [0.29, 0.717) is 16.5 Å². The van der Waals surface area contributed by atoms with Crippen LogP contribution in [0, 0.1) is 5.92 Å². The normalized spacial score (nSPS) is 16.6. The number of thiophene rings is 1. The highest BCUT2D eigenvalue weighted by Gasteiger charge is 2.27. The van der Waals surface area contributed by atoms with Gasteiger partial charge in [0.15, 0.2) is 0 Å². The second-order valence-corrected chi connectivity index (χ2v) is 10.4. The Kier molecular flexibility index (Phi) is 5.60. The summed E-state index contributed by atoms with van der Waals surface area (Å²) in [6.07, 6.45) is 2.59. The van der Waals surface area contributed by atoms with Gasteiger partial charge < -0.3 is 11.1 Å². The zero-order valence-corrected chi connectivity index (χ0v) is 17.6. The van der Waals surface area contributed by atoms with Crippen molar-refractivity contribution in [3.8, 4) is 0 Å². The second kappa shape index (κ2) is 7.65. The van der Waals surface area contributed by atoms with Crippen molar-refractivity contribution in [1.82, 2.24) is 4.31 Å². The first-order valence-electron chi connectivity index (χ1n) is 8.89. The van der Waals surface area contributed by atoms with Gasteiger partial charge >= 0.3 is 0 Å². The third-order valence-electron chi connectivity index (χ3n) is 4.86. The zero-order chi connectivity index (χ0) is 20.6. The first-order chi connectivity index (χ1) is 13.1. The van der Waals surface area contributed by atoms with E-state index in [0.717, 1.165) is 34.0 Å². The quantitative estimate of drug-likeness (QED) is 0.773. The van der Waals surface area contributed by atoms with Gasteiger partial charge in [0, 0.05) is 24.5 Å². The Morgan fingerprint density at radius 3 is 2.64 bits per heavy atom. The zero-order valence-electron chi connectivity index (χ0n) is 16.0. The van der Waals surface area contributed by atoms with Gasteiger partial charge in [0.1, 0.15) is 5.00 Å². The molecule has 0 fully saturated rings. The van der Waals surface area contributed by atoms with Crippen molar-refractivity contribution in [1.29, 1.82) is 0 Å². The van der Waals surface area contributed by atoms with Crippen molar-refractivity contribution in [2.24, 2.45) is 11.7 Å². The van der Waals surface area contributed by atoms with Crippen LogP contribution in [0.4, 0.5) is 5.00 Å². The number of anilines is 1. The van der Waals surface area contributed by atoms with Crippen LogP contribution in [-0.2, 0) is 22.9 Å². The summed E-state index contributed by atoms with van der Waals surface area (Å²) in [4.78, 5) is 25.9. The lowest BCUT2D eigenvalue weighted by Crippen LogP contribution is -2.23. The Labute approximate surface area is 168 Å². The molecule has 0 spiro atoms. The van der Waals surface area contributed by atoms with Gasteiger partial charge in [-0.15, -0.1) is 11.3 Å². The standard InChI is InChI=1S/C19H23N3O4S2/c1-11-7-8-14-15(9-11)27-19(16(14)17(20)23)21-18(24)12-5-4-6-13(10-12)28(25,26)22(2)3/h4-6,10-11H,7-9H2,1-3H3,(H2,20,23)(H,21,24). The van der Waals surface area contributed by atoms with E-state index in [4.69, 9.17) is 5.73 Å². The molecule has 1 aliphatic rings. The highest BCUT2D eigenvalue weighted by Crippen LogP contribution is 2.39. The van der Waals surface area contributed by atoms with Gasteiger partial charge in [-0.3, -0.25) is 9.59 Å². The van der Waals surface area contributed by atoms with E-state index in [1.807, 2.05) is 0 Å². The van der Waals surface area contributed by atoms with Crippen LogP contribution in [0.3, 0.4) is 0 Å². The highest BCUT2D eigenvalue weighted by atomic mass is 32.2. The molecule has 3 N–H and O–H groups in total. The van der Waals surface area contributed by atoms with Gasteiger partial charge in [-0.25, -0.2) is 12.7 Å². The fraction of sp³-hybridized carbons (Fsp3) is 0.368. The van der Waals surface area contributed by atoms with Crippen molar-refractivity contribution in [3.05, 3.63) is 45.8 Å². The lowest BCUT2D eigenvalue weighted by Gasteiger charge is -2.18. The maximum atomic E-state index is 12.8. The van der Waals surface area contributed by atoms with E-state index < -0.39 is 21.8 Å². The summed E-state index contributed by atoms with van der Waals surface area (Å²) in [6, 6.07) is 5.81. The molecular formula is C19H23N3O4S2. The fourth-order valence-corrected chi connectivity index (χ4v) is 5.64. The van der Waals surface area contributed by atoms with Gasteiger partial charge in [-0.1, -0.05) is 13.0 Å². The Hall–Kier alpha value is -2.23. The number of nitrogens with two attached hydrogens (primary N) is 1. The molecule has 1 aromatic heterocycles. The number of primary amides is 1. The number of sulfonamides is 1. The number of benzene rings is 1. The van der Waals surface area contributed by atoms with Crippen LogP contribution in [0.15, 0.2) is 29.2 Å². The Bertz CT molecular complexity index is 1040. The molecule has 1 aliphatic carbocycles. The number of nitrogens with one attached hydrogen (secondary N) is 1. The molecule has 0 radical (unpaired) electrons. The summed E-state index contributed by atoms with van der Waals surface area (Å²) in [5.74, 6) is -0.528. The van der Waals surface area contributed by atoms with Crippen molar-refractivity contribution in [2.75, 3.05) is 19.4 Å². The smallest absolute Gasteiger partial charge is 0.256 e. The van der Waals surface area contributed by atoms with Gasteiger partial charge in [0.05, 0.1) is 10.5 Å². The minimum Gasteiger partial charge on any atom is -0.365 e. The summed E-state index contributed by atoms with van der Waals surface area (Å²) in [7, 11) is -0.796. The molecule has 0 saturated carbocycles. The molecule has 9 heteroatoms. The molecule has 2 amide bonds. The third-order valence-corrected chi connectivity index (χ3v) is 7.84. The van der Waals surface area contributed by atoms with Crippen molar-refractivity contribution >= 4 is 38.2 Å². The summed E-state index contributed by atoms with van der Waals surface area (Å²) >= 11 is 1.37. The molecule has 3 rings (SSSR count). The van der Waals surface area contributed by atoms with E-state index >= 15 is 0 Å². The number of hydrogen-bond donors (Lipinski definition) is 2. The van der Waals surface area contributed by atoms with E-state index in [2.05, 4.69) is 12.2 Å². The Morgan fingerprint density at radius 2 is 2.00 bits per heavy atom. The van der Waals surface area contributed by atoms with Crippen LogP contribution in [0.25, 0.3) is 0 Å². The number of hydrogen-bond acceptors (Lipinski definition) is 5. The summed E-state index contributed by atoms with van der Waals surface area (Å²) in [6.45, 7) is 2.15. The lowest BCUT2D eigenvalue weighted by atomic mass is 9.88. The number of rotatable bonds is 5. The molecule has 0 bridgehead atoms. The molecule has 1 heterocycles. The first-order valence-corrected chi connectivity index (χ1v) is 11.1. The predicted molar refractivity (Wildman–Crippen MR) is 109 cm³/mol. The summed E-state index contributed by atoms with van der Waals surface area (Å²) in [5, 5.41) is 3.19. The summed E-state index contributed by atoms with van der Waals surface area (Å²) < 4.78 is 25.7.